The van der Waals surface area contributed by atoms with Gasteiger partial charge < -0.3 is 11.1 Å². The van der Waals surface area contributed by atoms with Gasteiger partial charge in [0.1, 0.15) is 0 Å². The van der Waals surface area contributed by atoms with Gasteiger partial charge in [0, 0.05) is 18.5 Å². The minimum atomic E-state index is 0.164. The highest BCUT2D eigenvalue weighted by molar-refractivity contribution is 5.76. The summed E-state index contributed by atoms with van der Waals surface area (Å²) in [5.74, 6) is 0.204. The molecule has 1 aliphatic carbocycles. The first-order chi connectivity index (χ1) is 13.2. The number of hydrogen-bond donors (Lipinski definition) is 2. The SMILES string of the molecule is CCCCCCCC/C=C\CCCCCCCC(=O)NC1CCCCC1N. The Kier molecular flexibility index (Phi) is 15.5. The van der Waals surface area contributed by atoms with E-state index in [1.54, 1.807) is 0 Å². The lowest BCUT2D eigenvalue weighted by atomic mass is 9.91. The van der Waals surface area contributed by atoms with Crippen molar-refractivity contribution >= 4 is 5.91 Å². The number of rotatable bonds is 16. The maximum atomic E-state index is 12.0. The smallest absolute Gasteiger partial charge is 0.220 e. The van der Waals surface area contributed by atoms with Crippen molar-refractivity contribution in [3.63, 3.8) is 0 Å². The molecule has 0 aromatic carbocycles. The van der Waals surface area contributed by atoms with Gasteiger partial charge in [0.05, 0.1) is 0 Å². The molecule has 3 N–H and O–H groups in total. The molecule has 0 heterocycles. The lowest BCUT2D eigenvalue weighted by molar-refractivity contribution is -0.122. The van der Waals surface area contributed by atoms with Crippen molar-refractivity contribution in [2.75, 3.05) is 0 Å². The molecule has 3 nitrogen and oxygen atoms in total. The highest BCUT2D eigenvalue weighted by Gasteiger charge is 2.22. The zero-order valence-electron chi connectivity index (χ0n) is 18.0. The first kappa shape index (κ1) is 24.2. The van der Waals surface area contributed by atoms with Crippen LogP contribution in [0, 0.1) is 0 Å². The van der Waals surface area contributed by atoms with Gasteiger partial charge in [-0.1, -0.05) is 83.3 Å². The Morgan fingerprint density at radius 1 is 0.852 bits per heavy atom. The summed E-state index contributed by atoms with van der Waals surface area (Å²) in [5.41, 5.74) is 6.09. The molecule has 27 heavy (non-hydrogen) atoms. The van der Waals surface area contributed by atoms with Gasteiger partial charge in [-0.3, -0.25) is 4.79 Å². The number of nitrogens with two attached hydrogens (primary N) is 1. The summed E-state index contributed by atoms with van der Waals surface area (Å²) < 4.78 is 0. The lowest BCUT2D eigenvalue weighted by Gasteiger charge is -2.29. The lowest BCUT2D eigenvalue weighted by Crippen LogP contribution is -2.49. The molecule has 2 atom stereocenters. The van der Waals surface area contributed by atoms with Crippen molar-refractivity contribution in [3.8, 4) is 0 Å². The number of allylic oxidation sites excluding steroid dienone is 2. The van der Waals surface area contributed by atoms with Crippen LogP contribution in [0.3, 0.4) is 0 Å². The van der Waals surface area contributed by atoms with E-state index in [4.69, 9.17) is 5.73 Å². The minimum Gasteiger partial charge on any atom is -0.352 e. The molecule has 2 unspecified atom stereocenters. The van der Waals surface area contributed by atoms with Crippen LogP contribution >= 0.6 is 0 Å². The molecular weight excluding hydrogens is 332 g/mol. The highest BCUT2D eigenvalue weighted by atomic mass is 16.1. The topological polar surface area (TPSA) is 55.1 Å². The van der Waals surface area contributed by atoms with Crippen LogP contribution < -0.4 is 11.1 Å². The van der Waals surface area contributed by atoms with Crippen molar-refractivity contribution in [2.45, 2.75) is 135 Å². The van der Waals surface area contributed by atoms with Gasteiger partial charge in [-0.2, -0.15) is 0 Å². The third kappa shape index (κ3) is 13.9. The second-order valence-electron chi connectivity index (χ2n) is 8.46. The third-order valence-electron chi connectivity index (χ3n) is 5.83. The van der Waals surface area contributed by atoms with E-state index < -0.39 is 0 Å². The summed E-state index contributed by atoms with van der Waals surface area (Å²) in [4.78, 5) is 12.0. The predicted molar refractivity (Wildman–Crippen MR) is 118 cm³/mol. The van der Waals surface area contributed by atoms with E-state index in [-0.39, 0.29) is 18.0 Å². The van der Waals surface area contributed by atoms with Gasteiger partial charge in [0.15, 0.2) is 0 Å². The van der Waals surface area contributed by atoms with E-state index >= 15 is 0 Å². The summed E-state index contributed by atoms with van der Waals surface area (Å²) in [6, 6.07) is 0.381. The molecule has 1 rings (SSSR count). The van der Waals surface area contributed by atoms with E-state index in [1.165, 1.54) is 89.9 Å². The monoisotopic (exact) mass is 378 g/mol. The second-order valence-corrected chi connectivity index (χ2v) is 8.46. The Morgan fingerprint density at radius 3 is 2.04 bits per heavy atom. The molecule has 1 aliphatic rings. The largest absolute Gasteiger partial charge is 0.352 e. The molecule has 0 radical (unpaired) electrons. The van der Waals surface area contributed by atoms with Gasteiger partial charge >= 0.3 is 0 Å². The van der Waals surface area contributed by atoms with E-state index in [2.05, 4.69) is 24.4 Å². The van der Waals surface area contributed by atoms with Crippen LogP contribution in [-0.4, -0.2) is 18.0 Å². The standard InChI is InChI=1S/C24H46N2O/c1-2-3-4-5-6-7-8-9-10-11-12-13-14-15-16-21-24(27)26-23-20-18-17-19-22(23)25/h9-10,22-23H,2-8,11-21,25H2,1H3,(H,26,27)/b10-9-. The maximum absolute atomic E-state index is 12.0. The first-order valence-electron chi connectivity index (χ1n) is 11.9. The number of nitrogens with one attached hydrogen (secondary N) is 1. The number of hydrogen-bond acceptors (Lipinski definition) is 2. The normalized spacial score (nSPS) is 20.2. The van der Waals surface area contributed by atoms with Gasteiger partial charge in [-0.25, -0.2) is 0 Å². The summed E-state index contributed by atoms with van der Waals surface area (Å²) >= 11 is 0. The van der Waals surface area contributed by atoms with Crippen LogP contribution in [0.15, 0.2) is 12.2 Å². The van der Waals surface area contributed by atoms with Gasteiger partial charge in [0.25, 0.3) is 0 Å². The molecule has 0 aromatic heterocycles. The second kappa shape index (κ2) is 17.3. The van der Waals surface area contributed by atoms with Crippen LogP contribution in [-0.2, 0) is 4.79 Å². The van der Waals surface area contributed by atoms with Crippen molar-refractivity contribution in [3.05, 3.63) is 12.2 Å². The van der Waals surface area contributed by atoms with Gasteiger partial charge in [-0.05, 0) is 44.9 Å². The molecule has 0 spiro atoms. The molecule has 1 amide bonds. The molecule has 3 heteroatoms. The van der Waals surface area contributed by atoms with Crippen molar-refractivity contribution < 1.29 is 4.79 Å². The predicted octanol–water partition coefficient (Wildman–Crippen LogP) is 6.41. The van der Waals surface area contributed by atoms with Crippen LogP contribution in [0.1, 0.15) is 122 Å². The number of carbonyl (C=O) groups excluding carboxylic acids is 1. The maximum Gasteiger partial charge on any atom is 0.220 e. The summed E-state index contributed by atoms with van der Waals surface area (Å²) in [6.07, 6.45) is 26.7. The fraction of sp³-hybridized carbons (Fsp3) is 0.875. The van der Waals surface area contributed by atoms with Gasteiger partial charge in [-0.15, -0.1) is 0 Å². The summed E-state index contributed by atoms with van der Waals surface area (Å²) in [7, 11) is 0. The average Bonchev–Trinajstić information content (AvgIpc) is 2.66. The van der Waals surface area contributed by atoms with Crippen LogP contribution in [0.25, 0.3) is 0 Å². The van der Waals surface area contributed by atoms with E-state index in [0.29, 0.717) is 6.42 Å². The van der Waals surface area contributed by atoms with Crippen LogP contribution in [0.5, 0.6) is 0 Å². The number of carbonyl (C=O) groups is 1. The molecule has 0 bridgehead atoms. The zero-order chi connectivity index (χ0) is 19.6. The molecule has 1 fully saturated rings. The van der Waals surface area contributed by atoms with Crippen molar-refractivity contribution in [1.82, 2.24) is 5.32 Å². The zero-order valence-corrected chi connectivity index (χ0v) is 18.0. The van der Waals surface area contributed by atoms with Crippen LogP contribution in [0.2, 0.25) is 0 Å². The van der Waals surface area contributed by atoms with Crippen molar-refractivity contribution in [1.29, 1.82) is 0 Å². The fourth-order valence-corrected chi connectivity index (χ4v) is 3.97. The highest BCUT2D eigenvalue weighted by Crippen LogP contribution is 2.17. The molecule has 1 saturated carbocycles. The van der Waals surface area contributed by atoms with Crippen molar-refractivity contribution in [2.24, 2.45) is 5.73 Å². The molecule has 0 aliphatic heterocycles. The number of amides is 1. The molecular formula is C24H46N2O. The van der Waals surface area contributed by atoms with E-state index in [9.17, 15) is 4.79 Å². The molecule has 158 valence electrons. The Balaban J connectivity index is 1.83. The summed E-state index contributed by atoms with van der Waals surface area (Å²) in [6.45, 7) is 2.27. The Hall–Kier alpha value is -0.830. The summed E-state index contributed by atoms with van der Waals surface area (Å²) in [5, 5.41) is 3.15. The number of unbranched alkanes of at least 4 members (excludes halogenated alkanes) is 11. The third-order valence-corrected chi connectivity index (χ3v) is 5.83. The first-order valence-corrected chi connectivity index (χ1v) is 11.9. The van der Waals surface area contributed by atoms with E-state index in [1.807, 2.05) is 0 Å². The van der Waals surface area contributed by atoms with Gasteiger partial charge in [0.2, 0.25) is 5.91 Å². The Labute approximate surface area is 168 Å². The molecule has 0 aromatic rings. The Bertz CT molecular complexity index is 381. The molecule has 0 saturated heterocycles. The fourth-order valence-electron chi connectivity index (χ4n) is 3.97. The quantitative estimate of drug-likeness (QED) is 0.241. The van der Waals surface area contributed by atoms with E-state index in [0.717, 1.165) is 19.3 Å². The average molecular weight is 379 g/mol. The van der Waals surface area contributed by atoms with Crippen LogP contribution in [0.4, 0.5) is 0 Å². The Morgan fingerprint density at radius 2 is 1.41 bits per heavy atom. The minimum absolute atomic E-state index is 0.164.